The Hall–Kier alpha value is -2.58. The molecule has 0 aromatic heterocycles. The zero-order valence-corrected chi connectivity index (χ0v) is 17.7. The van der Waals surface area contributed by atoms with Gasteiger partial charge in [-0.25, -0.2) is 17.5 Å². The van der Waals surface area contributed by atoms with Crippen LogP contribution in [0.4, 0.5) is 10.5 Å². The first-order chi connectivity index (χ1) is 13.9. The van der Waals surface area contributed by atoms with Crippen LogP contribution in [-0.4, -0.2) is 45.9 Å². The number of hydrogen-bond acceptors (Lipinski definition) is 4. The van der Waals surface area contributed by atoms with E-state index >= 15 is 0 Å². The van der Waals surface area contributed by atoms with Crippen molar-refractivity contribution in [2.45, 2.75) is 30.8 Å². The van der Waals surface area contributed by atoms with E-state index in [1.807, 2.05) is 12.1 Å². The molecule has 3 rings (SSSR count). The van der Waals surface area contributed by atoms with Crippen LogP contribution in [0.1, 0.15) is 24.0 Å². The third kappa shape index (κ3) is 5.27. The Bertz CT molecular complexity index is 937. The highest BCUT2D eigenvalue weighted by Crippen LogP contribution is 2.20. The summed E-state index contributed by atoms with van der Waals surface area (Å²) in [7, 11) is -0.590. The van der Waals surface area contributed by atoms with Gasteiger partial charge in [0.25, 0.3) is 0 Å². The lowest BCUT2D eigenvalue weighted by atomic mass is 10.2. The molecule has 29 heavy (non-hydrogen) atoms. The minimum atomic E-state index is -3.56. The fraction of sp³-hybridized carbons (Fsp3) is 0.381. The number of rotatable bonds is 7. The van der Waals surface area contributed by atoms with Gasteiger partial charge in [-0.3, -0.25) is 0 Å². The van der Waals surface area contributed by atoms with Crippen molar-refractivity contribution in [3.8, 4) is 0 Å². The zero-order chi connectivity index (χ0) is 20.9. The van der Waals surface area contributed by atoms with Crippen molar-refractivity contribution in [3.05, 3.63) is 59.7 Å². The highest BCUT2D eigenvalue weighted by Gasteiger charge is 2.20. The number of nitrogens with one attached hydrogen (secondary N) is 2. The molecule has 156 valence electrons. The molecule has 8 heteroatoms. The second-order valence-electron chi connectivity index (χ2n) is 7.29. The number of benzene rings is 2. The van der Waals surface area contributed by atoms with Crippen LogP contribution in [0.2, 0.25) is 0 Å². The summed E-state index contributed by atoms with van der Waals surface area (Å²) in [5.41, 5.74) is 2.78. The number of anilines is 1. The summed E-state index contributed by atoms with van der Waals surface area (Å²) in [6, 6.07) is 14.5. The maximum absolute atomic E-state index is 12.4. The molecule has 2 N–H and O–H groups in total. The first-order valence-corrected chi connectivity index (χ1v) is 11.2. The molecule has 2 aromatic carbocycles. The summed E-state index contributed by atoms with van der Waals surface area (Å²) in [5.74, 6) is 0. The summed E-state index contributed by atoms with van der Waals surface area (Å²) < 4.78 is 26.0. The van der Waals surface area contributed by atoms with Gasteiger partial charge in [0.15, 0.2) is 0 Å². The van der Waals surface area contributed by atoms with Crippen LogP contribution in [0, 0.1) is 0 Å². The zero-order valence-electron chi connectivity index (χ0n) is 16.9. The van der Waals surface area contributed by atoms with Crippen LogP contribution in [0.25, 0.3) is 0 Å². The van der Waals surface area contributed by atoms with Crippen molar-refractivity contribution in [3.63, 3.8) is 0 Å². The van der Waals surface area contributed by atoms with E-state index in [0.717, 1.165) is 23.0 Å². The molecule has 0 aliphatic carbocycles. The maximum atomic E-state index is 12.4. The number of carbonyl (C=O) groups is 1. The van der Waals surface area contributed by atoms with Crippen molar-refractivity contribution in [2.75, 3.05) is 32.1 Å². The van der Waals surface area contributed by atoms with Crippen molar-refractivity contribution in [2.24, 2.45) is 0 Å². The maximum Gasteiger partial charge on any atom is 0.315 e. The molecule has 1 aliphatic rings. The predicted octanol–water partition coefficient (Wildman–Crippen LogP) is 2.54. The third-order valence-electron chi connectivity index (χ3n) is 5.03. The lowest BCUT2D eigenvalue weighted by molar-refractivity contribution is 0.240. The van der Waals surface area contributed by atoms with Crippen LogP contribution >= 0.6 is 0 Å². The Morgan fingerprint density at radius 1 is 0.966 bits per heavy atom. The predicted molar refractivity (Wildman–Crippen MR) is 114 cm³/mol. The minimum Gasteiger partial charge on any atom is -0.372 e. The van der Waals surface area contributed by atoms with E-state index in [1.54, 1.807) is 24.3 Å². The number of nitrogens with zero attached hydrogens (tertiary/aromatic N) is 2. The molecule has 0 unspecified atom stereocenters. The fourth-order valence-electron chi connectivity index (χ4n) is 3.32. The largest absolute Gasteiger partial charge is 0.372 e. The third-order valence-corrected chi connectivity index (χ3v) is 6.95. The molecule has 2 amide bonds. The summed E-state index contributed by atoms with van der Waals surface area (Å²) in [6.45, 7) is 2.74. The second-order valence-corrected chi connectivity index (χ2v) is 9.41. The summed E-state index contributed by atoms with van der Waals surface area (Å²) in [5, 5.41) is 5.55. The van der Waals surface area contributed by atoms with Crippen molar-refractivity contribution < 1.29 is 13.2 Å². The van der Waals surface area contributed by atoms with Crippen LogP contribution < -0.4 is 15.5 Å². The van der Waals surface area contributed by atoms with Crippen molar-refractivity contribution in [1.29, 1.82) is 0 Å². The lowest BCUT2D eigenvalue weighted by Gasteiger charge is -2.18. The van der Waals surface area contributed by atoms with E-state index in [9.17, 15) is 13.2 Å². The molecular weight excluding hydrogens is 388 g/mol. The van der Waals surface area contributed by atoms with Gasteiger partial charge in [0, 0.05) is 46.0 Å². The Kier molecular flexibility index (Phi) is 6.76. The van der Waals surface area contributed by atoms with E-state index in [1.165, 1.54) is 32.6 Å². The number of carbonyl (C=O) groups excluding carboxylic acids is 1. The molecule has 1 aliphatic heterocycles. The van der Waals surface area contributed by atoms with Gasteiger partial charge in [0.1, 0.15) is 0 Å². The molecule has 0 spiro atoms. The molecule has 0 saturated carbocycles. The summed E-state index contributed by atoms with van der Waals surface area (Å²) in [4.78, 5) is 14.7. The van der Waals surface area contributed by atoms with Crippen LogP contribution in [0.15, 0.2) is 53.4 Å². The Balaban J connectivity index is 1.53. The molecule has 1 saturated heterocycles. The van der Waals surface area contributed by atoms with Crippen molar-refractivity contribution >= 4 is 21.7 Å². The standard InChI is InChI=1S/C21H28N4O3S/c1-24(2)29(27,28)20-8-4-3-7-18(20)16-23-21(26)22-15-17-9-11-19(12-10-17)25-13-5-6-14-25/h3-4,7-12H,5-6,13-16H2,1-2H3,(H2,22,23,26). The molecule has 2 aromatic rings. The van der Waals surface area contributed by atoms with Gasteiger partial charge < -0.3 is 15.5 Å². The van der Waals surface area contributed by atoms with Crippen molar-refractivity contribution in [1.82, 2.24) is 14.9 Å². The molecule has 0 atom stereocenters. The van der Waals surface area contributed by atoms with Crippen LogP contribution in [0.5, 0.6) is 0 Å². The first-order valence-electron chi connectivity index (χ1n) is 9.74. The lowest BCUT2D eigenvalue weighted by Crippen LogP contribution is -2.35. The van der Waals surface area contributed by atoms with Gasteiger partial charge in [-0.2, -0.15) is 0 Å². The molecule has 7 nitrogen and oxygen atoms in total. The smallest absolute Gasteiger partial charge is 0.315 e. The van der Waals surface area contributed by atoms with E-state index in [4.69, 9.17) is 0 Å². The topological polar surface area (TPSA) is 81.8 Å². The van der Waals surface area contributed by atoms with Crippen LogP contribution in [0.3, 0.4) is 0 Å². The number of urea groups is 1. The van der Waals surface area contributed by atoms with E-state index in [2.05, 4.69) is 27.7 Å². The molecule has 1 heterocycles. The first kappa shape index (κ1) is 21.1. The highest BCUT2D eigenvalue weighted by molar-refractivity contribution is 7.89. The van der Waals surface area contributed by atoms with E-state index < -0.39 is 10.0 Å². The monoisotopic (exact) mass is 416 g/mol. The fourth-order valence-corrected chi connectivity index (χ4v) is 4.43. The van der Waals surface area contributed by atoms with Gasteiger partial charge in [0.2, 0.25) is 10.0 Å². The van der Waals surface area contributed by atoms with Crippen LogP contribution in [-0.2, 0) is 23.1 Å². The molecule has 1 fully saturated rings. The number of hydrogen-bond donors (Lipinski definition) is 2. The van der Waals surface area contributed by atoms with E-state index in [0.29, 0.717) is 12.1 Å². The second kappa shape index (κ2) is 9.28. The molecule has 0 bridgehead atoms. The number of amides is 2. The average Bonchev–Trinajstić information content (AvgIpc) is 3.26. The van der Waals surface area contributed by atoms with Gasteiger partial charge in [0.05, 0.1) is 4.90 Å². The van der Waals surface area contributed by atoms with Gasteiger partial charge >= 0.3 is 6.03 Å². The van der Waals surface area contributed by atoms with Gasteiger partial charge in [-0.15, -0.1) is 0 Å². The Morgan fingerprint density at radius 3 is 2.24 bits per heavy atom. The SMILES string of the molecule is CN(C)S(=O)(=O)c1ccccc1CNC(=O)NCc1ccc(N2CCCC2)cc1. The van der Waals surface area contributed by atoms with Gasteiger partial charge in [-0.1, -0.05) is 30.3 Å². The summed E-state index contributed by atoms with van der Waals surface area (Å²) >= 11 is 0. The highest BCUT2D eigenvalue weighted by atomic mass is 32.2. The Labute approximate surface area is 172 Å². The molecule has 0 radical (unpaired) electrons. The average molecular weight is 417 g/mol. The van der Waals surface area contributed by atoms with Gasteiger partial charge in [-0.05, 0) is 42.2 Å². The minimum absolute atomic E-state index is 0.128. The quantitative estimate of drug-likeness (QED) is 0.727. The number of sulfonamides is 1. The normalized spacial score (nSPS) is 14.2. The Morgan fingerprint density at radius 2 is 1.59 bits per heavy atom. The van der Waals surface area contributed by atoms with E-state index in [-0.39, 0.29) is 17.5 Å². The summed E-state index contributed by atoms with van der Waals surface area (Å²) in [6.07, 6.45) is 2.48. The molecular formula is C21H28N4O3S.